The predicted molar refractivity (Wildman–Crippen MR) is 74.9 cm³/mol. The van der Waals surface area contributed by atoms with Gasteiger partial charge >= 0.3 is 0 Å². The van der Waals surface area contributed by atoms with Crippen molar-refractivity contribution in [3.05, 3.63) is 35.4 Å². The fourth-order valence-corrected chi connectivity index (χ4v) is 3.95. The Kier molecular flexibility index (Phi) is 3.16. The lowest BCUT2D eigenvalue weighted by Gasteiger charge is -2.49. The molecule has 3 rings (SSSR count). The zero-order valence-corrected chi connectivity index (χ0v) is 11.6. The highest BCUT2D eigenvalue weighted by molar-refractivity contribution is 5.32. The van der Waals surface area contributed by atoms with Crippen LogP contribution >= 0.6 is 0 Å². The number of benzene rings is 1. The summed E-state index contributed by atoms with van der Waals surface area (Å²) < 4.78 is 5.63. The third kappa shape index (κ3) is 1.83. The molecule has 1 aliphatic carbocycles. The van der Waals surface area contributed by atoms with E-state index in [1.54, 1.807) is 0 Å². The molecule has 1 heterocycles. The molecule has 0 saturated carbocycles. The van der Waals surface area contributed by atoms with E-state index in [4.69, 9.17) is 10.5 Å². The lowest BCUT2D eigenvalue weighted by atomic mass is 9.60. The van der Waals surface area contributed by atoms with Gasteiger partial charge in [-0.15, -0.1) is 0 Å². The molecular weight excluding hydrogens is 238 g/mol. The maximum atomic E-state index is 11.2. The maximum absolute atomic E-state index is 11.2. The molecule has 0 amide bonds. The molecule has 0 spiro atoms. The van der Waals surface area contributed by atoms with Crippen molar-refractivity contribution in [3.8, 4) is 0 Å². The van der Waals surface area contributed by atoms with Gasteiger partial charge in [-0.05, 0) is 37.3 Å². The highest BCUT2D eigenvalue weighted by Crippen LogP contribution is 2.49. The number of rotatable bonds is 2. The van der Waals surface area contributed by atoms with E-state index < -0.39 is 5.60 Å². The Morgan fingerprint density at radius 2 is 2.05 bits per heavy atom. The Balaban J connectivity index is 1.98. The van der Waals surface area contributed by atoms with Gasteiger partial charge in [0.2, 0.25) is 0 Å². The second-order valence-electron chi connectivity index (χ2n) is 6.12. The molecule has 1 aliphatic heterocycles. The smallest absolute Gasteiger partial charge is 0.0998 e. The Hall–Kier alpha value is -0.900. The van der Waals surface area contributed by atoms with Crippen LogP contribution in [0.5, 0.6) is 0 Å². The third-order valence-corrected chi connectivity index (χ3v) is 5.35. The molecule has 2 aliphatic rings. The number of fused-ring (bicyclic) bond motifs is 1. The van der Waals surface area contributed by atoms with Gasteiger partial charge in [-0.25, -0.2) is 0 Å². The average molecular weight is 261 g/mol. The first-order valence-electron chi connectivity index (χ1n) is 7.22. The Labute approximate surface area is 114 Å². The van der Waals surface area contributed by atoms with Crippen LogP contribution in [0.2, 0.25) is 0 Å². The van der Waals surface area contributed by atoms with Gasteiger partial charge in [0.25, 0.3) is 0 Å². The Morgan fingerprint density at radius 1 is 1.32 bits per heavy atom. The molecule has 1 saturated heterocycles. The van der Waals surface area contributed by atoms with Crippen LogP contribution in [0.1, 0.15) is 30.9 Å². The number of aryl methyl sites for hydroxylation is 1. The second-order valence-corrected chi connectivity index (χ2v) is 6.12. The number of aliphatic hydroxyl groups is 1. The summed E-state index contributed by atoms with van der Waals surface area (Å²) in [6.45, 7) is 3.14. The van der Waals surface area contributed by atoms with Crippen molar-refractivity contribution in [2.75, 3.05) is 13.2 Å². The molecule has 104 valence electrons. The highest BCUT2D eigenvalue weighted by atomic mass is 16.5. The van der Waals surface area contributed by atoms with E-state index in [0.717, 1.165) is 19.3 Å². The highest BCUT2D eigenvalue weighted by Gasteiger charge is 2.56. The summed E-state index contributed by atoms with van der Waals surface area (Å²) >= 11 is 0. The Morgan fingerprint density at radius 3 is 2.68 bits per heavy atom. The zero-order chi connectivity index (χ0) is 13.5. The number of hydrogen-bond donors (Lipinski definition) is 2. The minimum absolute atomic E-state index is 0.124. The average Bonchev–Trinajstić information content (AvgIpc) is 2.79. The van der Waals surface area contributed by atoms with Crippen LogP contribution in [-0.2, 0) is 17.6 Å². The zero-order valence-electron chi connectivity index (χ0n) is 11.6. The van der Waals surface area contributed by atoms with Crippen molar-refractivity contribution in [1.82, 2.24) is 0 Å². The monoisotopic (exact) mass is 261 g/mol. The summed E-state index contributed by atoms with van der Waals surface area (Å²) in [5.74, 6) is 0. The predicted octanol–water partition coefficient (Wildman–Crippen LogP) is 1.66. The first-order chi connectivity index (χ1) is 9.11. The first-order valence-corrected chi connectivity index (χ1v) is 7.22. The van der Waals surface area contributed by atoms with Gasteiger partial charge in [0, 0.05) is 25.0 Å². The summed E-state index contributed by atoms with van der Waals surface area (Å²) in [4.78, 5) is 0. The SMILES string of the molecule is CC1OCCC1(O)C1(CN)CCc2ccccc2C1. The summed E-state index contributed by atoms with van der Waals surface area (Å²) in [5.41, 5.74) is 7.83. The van der Waals surface area contributed by atoms with Crippen LogP contribution in [0.3, 0.4) is 0 Å². The number of ether oxygens (including phenoxy) is 1. The van der Waals surface area contributed by atoms with Crippen molar-refractivity contribution < 1.29 is 9.84 Å². The van der Waals surface area contributed by atoms with Gasteiger partial charge in [0.05, 0.1) is 11.7 Å². The minimum Gasteiger partial charge on any atom is -0.386 e. The van der Waals surface area contributed by atoms with Gasteiger partial charge in [0.1, 0.15) is 0 Å². The van der Waals surface area contributed by atoms with Crippen LogP contribution in [0.15, 0.2) is 24.3 Å². The molecule has 1 fully saturated rings. The van der Waals surface area contributed by atoms with Crippen molar-refractivity contribution in [1.29, 1.82) is 0 Å². The van der Waals surface area contributed by atoms with Gasteiger partial charge in [0.15, 0.2) is 0 Å². The van der Waals surface area contributed by atoms with Gasteiger partial charge in [-0.1, -0.05) is 24.3 Å². The van der Waals surface area contributed by atoms with E-state index in [2.05, 4.69) is 24.3 Å². The van der Waals surface area contributed by atoms with Gasteiger partial charge in [-0.2, -0.15) is 0 Å². The first kappa shape index (κ1) is 13.1. The van der Waals surface area contributed by atoms with Gasteiger partial charge < -0.3 is 15.6 Å². The molecule has 0 bridgehead atoms. The molecule has 1 aromatic rings. The summed E-state index contributed by atoms with van der Waals surface area (Å²) in [7, 11) is 0. The van der Waals surface area contributed by atoms with E-state index >= 15 is 0 Å². The van der Waals surface area contributed by atoms with Crippen molar-refractivity contribution in [2.45, 2.75) is 44.3 Å². The summed E-state index contributed by atoms with van der Waals surface area (Å²) in [6.07, 6.45) is 3.39. The molecular formula is C16H23NO2. The molecule has 19 heavy (non-hydrogen) atoms. The largest absolute Gasteiger partial charge is 0.386 e. The molecule has 0 radical (unpaired) electrons. The van der Waals surface area contributed by atoms with E-state index in [1.807, 2.05) is 6.92 Å². The number of hydrogen-bond acceptors (Lipinski definition) is 3. The van der Waals surface area contributed by atoms with Crippen LogP contribution in [0.4, 0.5) is 0 Å². The topological polar surface area (TPSA) is 55.5 Å². The second kappa shape index (κ2) is 4.58. The molecule has 3 nitrogen and oxygen atoms in total. The number of nitrogens with two attached hydrogens (primary N) is 1. The Bertz CT molecular complexity index is 476. The van der Waals surface area contributed by atoms with Crippen LogP contribution in [0.25, 0.3) is 0 Å². The quantitative estimate of drug-likeness (QED) is 0.851. The molecule has 3 atom stereocenters. The molecule has 0 aromatic heterocycles. The molecule has 1 aromatic carbocycles. The maximum Gasteiger partial charge on any atom is 0.0998 e. The third-order valence-electron chi connectivity index (χ3n) is 5.35. The lowest BCUT2D eigenvalue weighted by molar-refractivity contribution is -0.123. The fourth-order valence-electron chi connectivity index (χ4n) is 3.95. The van der Waals surface area contributed by atoms with E-state index in [0.29, 0.717) is 19.6 Å². The van der Waals surface area contributed by atoms with E-state index in [9.17, 15) is 5.11 Å². The summed E-state index contributed by atoms with van der Waals surface area (Å²) in [6, 6.07) is 8.52. The lowest BCUT2D eigenvalue weighted by Crippen LogP contribution is -2.58. The van der Waals surface area contributed by atoms with Gasteiger partial charge in [-0.3, -0.25) is 0 Å². The summed E-state index contributed by atoms with van der Waals surface area (Å²) in [5, 5.41) is 11.2. The normalized spacial score (nSPS) is 38.2. The van der Waals surface area contributed by atoms with Crippen LogP contribution in [0, 0.1) is 5.41 Å². The van der Waals surface area contributed by atoms with Crippen molar-refractivity contribution >= 4 is 0 Å². The van der Waals surface area contributed by atoms with Crippen LogP contribution < -0.4 is 5.73 Å². The van der Waals surface area contributed by atoms with Crippen molar-refractivity contribution in [2.24, 2.45) is 11.1 Å². The minimum atomic E-state index is -0.782. The molecule has 3 heteroatoms. The standard InChI is InChI=1S/C16H23NO2/c1-12-16(18,8-9-19-12)15(11-17)7-6-13-4-2-3-5-14(13)10-15/h2-5,12,18H,6-11,17H2,1H3. The fraction of sp³-hybridized carbons (Fsp3) is 0.625. The van der Waals surface area contributed by atoms with E-state index in [1.165, 1.54) is 11.1 Å². The van der Waals surface area contributed by atoms with Crippen LogP contribution in [-0.4, -0.2) is 30.0 Å². The molecule has 3 N–H and O–H groups in total. The van der Waals surface area contributed by atoms with Crippen molar-refractivity contribution in [3.63, 3.8) is 0 Å². The van der Waals surface area contributed by atoms with E-state index in [-0.39, 0.29) is 11.5 Å². The molecule has 3 unspecified atom stereocenters.